The lowest BCUT2D eigenvalue weighted by molar-refractivity contribution is -0.395. The highest BCUT2D eigenvalue weighted by Crippen LogP contribution is 2.31. The van der Waals surface area contributed by atoms with Crippen molar-refractivity contribution in [3.63, 3.8) is 0 Å². The van der Waals surface area contributed by atoms with E-state index in [9.17, 15) is 25.3 Å². The van der Waals surface area contributed by atoms with Crippen LogP contribution in [-0.4, -0.2) is 33.5 Å². The zero-order valence-corrected chi connectivity index (χ0v) is 10.8. The Hall–Kier alpha value is -1.93. The Kier molecular flexibility index (Phi) is 5.02. The minimum absolute atomic E-state index is 0.0109. The Morgan fingerprint density at radius 2 is 1.79 bits per heavy atom. The van der Waals surface area contributed by atoms with Crippen LogP contribution >= 0.6 is 11.6 Å². The van der Waals surface area contributed by atoms with Crippen molar-refractivity contribution in [1.82, 2.24) is 0 Å². The van der Waals surface area contributed by atoms with E-state index in [0.29, 0.717) is 0 Å². The molecule has 8 nitrogen and oxygen atoms in total. The van der Waals surface area contributed by atoms with Crippen molar-refractivity contribution in [3.8, 4) is 0 Å². The lowest BCUT2D eigenvalue weighted by Gasteiger charge is -2.10. The molecule has 0 aromatic heterocycles. The van der Waals surface area contributed by atoms with Crippen molar-refractivity contribution >= 4 is 28.7 Å². The van der Waals surface area contributed by atoms with Crippen LogP contribution in [0.2, 0.25) is 0 Å². The maximum absolute atomic E-state index is 10.8. The Labute approximate surface area is 113 Å². The van der Waals surface area contributed by atoms with Gasteiger partial charge < -0.3 is 10.4 Å². The maximum Gasteiger partial charge on any atom is 0.281 e. The Morgan fingerprint density at radius 1 is 1.32 bits per heavy atom. The summed E-state index contributed by atoms with van der Waals surface area (Å²) in [5.41, 5.74) is -0.527. The molecule has 0 heterocycles. The van der Waals surface area contributed by atoms with Crippen LogP contribution in [0.1, 0.15) is 5.56 Å². The lowest BCUT2D eigenvalue weighted by atomic mass is 10.1. The van der Waals surface area contributed by atoms with Gasteiger partial charge >= 0.3 is 0 Å². The van der Waals surface area contributed by atoms with Crippen LogP contribution in [0.4, 0.5) is 17.1 Å². The number of anilines is 1. The van der Waals surface area contributed by atoms with E-state index >= 15 is 0 Å². The highest BCUT2D eigenvalue weighted by molar-refractivity contribution is 6.18. The standard InChI is InChI=1S/C10H12ClN3O5/c1-6-9(13(16)17)2-7(3-10(6)14(18)19)12-5-8(15)4-11/h2-3,8,12,15H,4-5H2,1H3. The Morgan fingerprint density at radius 3 is 2.16 bits per heavy atom. The molecule has 0 fully saturated rings. The summed E-state index contributed by atoms with van der Waals surface area (Å²) < 4.78 is 0. The molecule has 9 heteroatoms. The van der Waals surface area contributed by atoms with Crippen LogP contribution in [-0.2, 0) is 0 Å². The first kappa shape index (κ1) is 15.1. The molecule has 0 aliphatic carbocycles. The summed E-state index contributed by atoms with van der Waals surface area (Å²) >= 11 is 5.40. The van der Waals surface area contributed by atoms with Crippen LogP contribution in [0, 0.1) is 27.2 Å². The number of nitro benzene ring substituents is 2. The normalized spacial score (nSPS) is 11.9. The number of nitrogens with one attached hydrogen (secondary N) is 1. The number of hydrogen-bond acceptors (Lipinski definition) is 6. The van der Waals surface area contributed by atoms with Crippen molar-refractivity contribution < 1.29 is 15.0 Å². The van der Waals surface area contributed by atoms with Gasteiger partial charge in [-0.1, -0.05) is 0 Å². The smallest absolute Gasteiger partial charge is 0.281 e. The van der Waals surface area contributed by atoms with Crippen molar-refractivity contribution in [2.45, 2.75) is 13.0 Å². The van der Waals surface area contributed by atoms with Gasteiger partial charge in [0.05, 0.1) is 21.8 Å². The van der Waals surface area contributed by atoms with Crippen LogP contribution in [0.3, 0.4) is 0 Å². The lowest BCUT2D eigenvalue weighted by Crippen LogP contribution is -2.20. The van der Waals surface area contributed by atoms with Crippen LogP contribution in [0.5, 0.6) is 0 Å². The highest BCUT2D eigenvalue weighted by Gasteiger charge is 2.23. The molecule has 0 saturated carbocycles. The van der Waals surface area contributed by atoms with E-state index in [-0.39, 0.29) is 35.1 Å². The Bertz CT molecular complexity index is 473. The number of alkyl halides is 1. The quantitative estimate of drug-likeness (QED) is 0.468. The van der Waals surface area contributed by atoms with Gasteiger partial charge in [0, 0.05) is 24.4 Å². The van der Waals surface area contributed by atoms with Crippen molar-refractivity contribution in [2.75, 3.05) is 17.7 Å². The molecule has 1 unspecified atom stereocenters. The van der Waals surface area contributed by atoms with Gasteiger partial charge in [0.1, 0.15) is 5.56 Å². The van der Waals surface area contributed by atoms with Gasteiger partial charge in [0.2, 0.25) is 0 Å². The summed E-state index contributed by atoms with van der Waals surface area (Å²) in [6.45, 7) is 1.36. The molecule has 0 spiro atoms. The molecule has 1 rings (SSSR count). The second kappa shape index (κ2) is 6.30. The van der Waals surface area contributed by atoms with Gasteiger partial charge in [-0.05, 0) is 6.92 Å². The number of aliphatic hydroxyl groups is 1. The number of nitrogens with zero attached hydrogens (tertiary/aromatic N) is 2. The van der Waals surface area contributed by atoms with E-state index in [1.807, 2.05) is 0 Å². The van der Waals surface area contributed by atoms with E-state index in [0.717, 1.165) is 0 Å². The molecule has 2 N–H and O–H groups in total. The van der Waals surface area contributed by atoms with Gasteiger partial charge in [0.25, 0.3) is 11.4 Å². The molecular formula is C10H12ClN3O5. The molecule has 0 saturated heterocycles. The summed E-state index contributed by atoms with van der Waals surface area (Å²) in [5.74, 6) is -0.0109. The van der Waals surface area contributed by atoms with Gasteiger partial charge in [-0.3, -0.25) is 20.2 Å². The topological polar surface area (TPSA) is 119 Å². The zero-order chi connectivity index (χ0) is 14.6. The predicted molar refractivity (Wildman–Crippen MR) is 69.7 cm³/mol. The van der Waals surface area contributed by atoms with Crippen LogP contribution in [0.25, 0.3) is 0 Å². The molecule has 1 atom stereocenters. The summed E-state index contributed by atoms with van der Waals surface area (Å²) in [6, 6.07) is 2.37. The number of nitro groups is 2. The molecule has 0 radical (unpaired) electrons. The molecule has 19 heavy (non-hydrogen) atoms. The number of hydrogen-bond donors (Lipinski definition) is 2. The molecule has 0 aliphatic heterocycles. The first-order chi connectivity index (χ1) is 8.86. The van der Waals surface area contributed by atoms with E-state index in [4.69, 9.17) is 11.6 Å². The van der Waals surface area contributed by atoms with E-state index in [1.54, 1.807) is 0 Å². The molecule has 104 valence electrons. The number of aliphatic hydroxyl groups excluding tert-OH is 1. The summed E-state index contributed by atoms with van der Waals surface area (Å²) in [4.78, 5) is 20.3. The second-order valence-corrected chi connectivity index (χ2v) is 4.15. The van der Waals surface area contributed by atoms with Gasteiger partial charge in [0.15, 0.2) is 0 Å². The molecule has 0 amide bonds. The second-order valence-electron chi connectivity index (χ2n) is 3.84. The van der Waals surface area contributed by atoms with Crippen LogP contribution < -0.4 is 5.32 Å². The fourth-order valence-corrected chi connectivity index (χ4v) is 1.56. The minimum atomic E-state index is -0.846. The third-order valence-electron chi connectivity index (χ3n) is 2.47. The highest BCUT2D eigenvalue weighted by atomic mass is 35.5. The number of rotatable bonds is 6. The van der Waals surface area contributed by atoms with E-state index in [1.165, 1.54) is 19.1 Å². The monoisotopic (exact) mass is 289 g/mol. The average molecular weight is 290 g/mol. The molecule has 0 aliphatic rings. The average Bonchev–Trinajstić information content (AvgIpc) is 2.36. The Balaban J connectivity index is 3.12. The summed E-state index contributed by atoms with van der Waals surface area (Å²) in [5, 5.41) is 33.6. The van der Waals surface area contributed by atoms with Crippen LogP contribution in [0.15, 0.2) is 12.1 Å². The van der Waals surface area contributed by atoms with Crippen molar-refractivity contribution in [2.24, 2.45) is 0 Å². The fraction of sp³-hybridized carbons (Fsp3) is 0.400. The maximum atomic E-state index is 10.8. The van der Waals surface area contributed by atoms with E-state index in [2.05, 4.69) is 5.32 Å². The number of benzene rings is 1. The third-order valence-corrected chi connectivity index (χ3v) is 2.82. The van der Waals surface area contributed by atoms with Gasteiger partial charge in [-0.15, -0.1) is 11.6 Å². The van der Waals surface area contributed by atoms with Gasteiger partial charge in [-0.25, -0.2) is 0 Å². The molecular weight excluding hydrogens is 278 g/mol. The minimum Gasteiger partial charge on any atom is -0.390 e. The predicted octanol–water partition coefficient (Wildman–Crippen LogP) is 1.82. The van der Waals surface area contributed by atoms with Crippen molar-refractivity contribution in [1.29, 1.82) is 0 Å². The zero-order valence-electron chi connectivity index (χ0n) is 10.00. The molecule has 1 aromatic rings. The summed E-state index contributed by atoms with van der Waals surface area (Å²) in [6.07, 6.45) is -0.846. The SMILES string of the molecule is Cc1c([N+](=O)[O-])cc(NCC(O)CCl)cc1[N+](=O)[O-]. The third kappa shape index (κ3) is 3.76. The number of halogens is 1. The largest absolute Gasteiger partial charge is 0.390 e. The fourth-order valence-electron chi connectivity index (χ4n) is 1.46. The van der Waals surface area contributed by atoms with Gasteiger partial charge in [-0.2, -0.15) is 0 Å². The molecule has 0 bridgehead atoms. The van der Waals surface area contributed by atoms with Crippen molar-refractivity contribution in [3.05, 3.63) is 37.9 Å². The first-order valence-corrected chi connectivity index (χ1v) is 5.81. The summed E-state index contributed by atoms with van der Waals surface area (Å²) in [7, 11) is 0. The van der Waals surface area contributed by atoms with E-state index < -0.39 is 16.0 Å². The first-order valence-electron chi connectivity index (χ1n) is 5.28. The molecule has 1 aromatic carbocycles.